The summed E-state index contributed by atoms with van der Waals surface area (Å²) < 4.78 is 11.1. The maximum atomic E-state index is 12.5. The topological polar surface area (TPSA) is 65.2 Å². The molecule has 1 heterocycles. The van der Waals surface area contributed by atoms with Crippen LogP contribution in [0.15, 0.2) is 58.2 Å². The van der Waals surface area contributed by atoms with E-state index in [1.54, 1.807) is 31.2 Å². The van der Waals surface area contributed by atoms with E-state index in [2.05, 4.69) is 10.2 Å². The largest absolute Gasteiger partial charge is 0.494 e. The van der Waals surface area contributed by atoms with E-state index in [1.807, 2.05) is 31.2 Å². The Morgan fingerprint density at radius 3 is 2.69 bits per heavy atom. The molecule has 0 spiro atoms. The molecule has 0 radical (unpaired) electrons. The molecule has 1 aromatic heterocycles. The van der Waals surface area contributed by atoms with E-state index in [9.17, 15) is 4.79 Å². The summed E-state index contributed by atoms with van der Waals surface area (Å²) >= 11 is 7.17. The van der Waals surface area contributed by atoms with Crippen molar-refractivity contribution in [2.45, 2.75) is 24.3 Å². The van der Waals surface area contributed by atoms with Crippen molar-refractivity contribution in [3.63, 3.8) is 0 Å². The zero-order chi connectivity index (χ0) is 18.5. The van der Waals surface area contributed by atoms with Crippen LogP contribution in [0.4, 0.5) is 0 Å². The third-order valence-corrected chi connectivity index (χ3v) is 4.74. The van der Waals surface area contributed by atoms with Crippen LogP contribution in [-0.4, -0.2) is 27.8 Å². The standard InChI is InChI=1S/C19H17ClN2O3S/c1-3-24-16-9-7-13(8-10-16)18-21-22-19(25-18)26-12(2)17(23)14-5-4-6-15(20)11-14/h4-12H,3H2,1-2H3. The first-order valence-electron chi connectivity index (χ1n) is 8.10. The van der Waals surface area contributed by atoms with Gasteiger partial charge in [0.25, 0.3) is 5.22 Å². The monoisotopic (exact) mass is 388 g/mol. The number of rotatable bonds is 7. The van der Waals surface area contributed by atoms with Crippen LogP contribution in [0.2, 0.25) is 5.02 Å². The van der Waals surface area contributed by atoms with Gasteiger partial charge in [-0.25, -0.2) is 0 Å². The van der Waals surface area contributed by atoms with Crippen molar-refractivity contribution in [2.75, 3.05) is 6.61 Å². The summed E-state index contributed by atoms with van der Waals surface area (Å²) in [6.07, 6.45) is 0. The van der Waals surface area contributed by atoms with Gasteiger partial charge in [0.05, 0.1) is 11.9 Å². The highest BCUT2D eigenvalue weighted by Crippen LogP contribution is 2.29. The number of nitrogens with zero attached hydrogens (tertiary/aromatic N) is 2. The van der Waals surface area contributed by atoms with Gasteiger partial charge in [-0.3, -0.25) is 4.79 Å². The molecule has 5 nitrogen and oxygen atoms in total. The van der Waals surface area contributed by atoms with Gasteiger partial charge in [0.1, 0.15) is 5.75 Å². The maximum absolute atomic E-state index is 12.5. The minimum Gasteiger partial charge on any atom is -0.494 e. The lowest BCUT2D eigenvalue weighted by molar-refractivity contribution is 0.0993. The predicted octanol–water partition coefficient (Wildman–Crippen LogP) is 5.15. The van der Waals surface area contributed by atoms with E-state index in [4.69, 9.17) is 20.8 Å². The molecule has 0 saturated heterocycles. The van der Waals surface area contributed by atoms with Crippen molar-refractivity contribution in [3.05, 3.63) is 59.1 Å². The number of carbonyl (C=O) groups is 1. The van der Waals surface area contributed by atoms with E-state index >= 15 is 0 Å². The first-order chi connectivity index (χ1) is 12.6. The van der Waals surface area contributed by atoms with Crippen LogP contribution in [-0.2, 0) is 0 Å². The minimum atomic E-state index is -0.373. The Balaban J connectivity index is 1.68. The van der Waals surface area contributed by atoms with Gasteiger partial charge >= 0.3 is 0 Å². The fraction of sp³-hybridized carbons (Fsp3) is 0.211. The third-order valence-electron chi connectivity index (χ3n) is 3.57. The Hall–Kier alpha value is -2.31. The number of hydrogen-bond acceptors (Lipinski definition) is 6. The molecule has 3 rings (SSSR count). The third kappa shape index (κ3) is 4.45. The van der Waals surface area contributed by atoms with E-state index in [1.165, 1.54) is 11.8 Å². The molecule has 0 bridgehead atoms. The van der Waals surface area contributed by atoms with E-state index in [0.717, 1.165) is 11.3 Å². The number of halogens is 1. The SMILES string of the molecule is CCOc1ccc(-c2nnc(SC(C)C(=O)c3cccc(Cl)c3)o2)cc1. The molecule has 0 aliphatic heterocycles. The van der Waals surface area contributed by atoms with Crippen molar-refractivity contribution < 1.29 is 13.9 Å². The van der Waals surface area contributed by atoms with Gasteiger partial charge in [0, 0.05) is 16.1 Å². The van der Waals surface area contributed by atoms with Gasteiger partial charge in [-0.05, 0) is 50.2 Å². The molecule has 1 atom stereocenters. The van der Waals surface area contributed by atoms with Crippen LogP contribution in [0, 0.1) is 0 Å². The second-order valence-corrected chi connectivity index (χ2v) is 7.19. The average molecular weight is 389 g/mol. The summed E-state index contributed by atoms with van der Waals surface area (Å²) in [6, 6.07) is 14.3. The van der Waals surface area contributed by atoms with Gasteiger partial charge in [-0.1, -0.05) is 35.5 Å². The smallest absolute Gasteiger partial charge is 0.277 e. The van der Waals surface area contributed by atoms with Crippen molar-refractivity contribution in [1.29, 1.82) is 0 Å². The summed E-state index contributed by atoms with van der Waals surface area (Å²) in [5.74, 6) is 1.14. The Bertz CT molecular complexity index is 896. The zero-order valence-electron chi connectivity index (χ0n) is 14.3. The number of ketones is 1. The fourth-order valence-electron chi connectivity index (χ4n) is 2.32. The first kappa shape index (κ1) is 18.5. The van der Waals surface area contributed by atoms with Gasteiger partial charge in [-0.2, -0.15) is 0 Å². The summed E-state index contributed by atoms with van der Waals surface area (Å²) in [5.41, 5.74) is 1.35. The molecule has 0 N–H and O–H groups in total. The predicted molar refractivity (Wildman–Crippen MR) is 102 cm³/mol. The van der Waals surface area contributed by atoms with Gasteiger partial charge in [-0.15, -0.1) is 10.2 Å². The lowest BCUT2D eigenvalue weighted by atomic mass is 10.1. The maximum Gasteiger partial charge on any atom is 0.277 e. The number of thioether (sulfide) groups is 1. The average Bonchev–Trinajstić information content (AvgIpc) is 3.10. The zero-order valence-corrected chi connectivity index (χ0v) is 15.9. The molecule has 134 valence electrons. The van der Waals surface area contributed by atoms with E-state index in [-0.39, 0.29) is 11.0 Å². The molecular weight excluding hydrogens is 372 g/mol. The number of ether oxygens (including phenoxy) is 1. The number of hydrogen-bond donors (Lipinski definition) is 0. The van der Waals surface area contributed by atoms with E-state index in [0.29, 0.717) is 28.3 Å². The Labute approximate surface area is 160 Å². The quantitative estimate of drug-likeness (QED) is 0.412. The molecular formula is C19H17ClN2O3S. The van der Waals surface area contributed by atoms with E-state index < -0.39 is 0 Å². The van der Waals surface area contributed by atoms with Crippen molar-refractivity contribution >= 4 is 29.1 Å². The van der Waals surface area contributed by atoms with Crippen LogP contribution in [0.1, 0.15) is 24.2 Å². The molecule has 26 heavy (non-hydrogen) atoms. The van der Waals surface area contributed by atoms with Crippen molar-refractivity contribution in [2.24, 2.45) is 0 Å². The lowest BCUT2D eigenvalue weighted by Gasteiger charge is -2.07. The molecule has 7 heteroatoms. The first-order valence-corrected chi connectivity index (χ1v) is 9.35. The molecule has 3 aromatic rings. The number of carbonyl (C=O) groups excluding carboxylic acids is 1. The number of Topliss-reactive ketones (excluding diaryl/α,β-unsaturated/α-hetero) is 1. The van der Waals surface area contributed by atoms with Crippen LogP contribution < -0.4 is 4.74 Å². The van der Waals surface area contributed by atoms with Crippen molar-refractivity contribution in [3.8, 4) is 17.2 Å². The summed E-state index contributed by atoms with van der Waals surface area (Å²) in [6.45, 7) is 4.34. The Kier molecular flexibility index (Phi) is 5.96. The highest BCUT2D eigenvalue weighted by molar-refractivity contribution is 8.00. The van der Waals surface area contributed by atoms with Crippen LogP contribution in [0.25, 0.3) is 11.5 Å². The van der Waals surface area contributed by atoms with Crippen LogP contribution in [0.5, 0.6) is 5.75 Å². The molecule has 0 saturated carbocycles. The molecule has 0 aliphatic carbocycles. The normalized spacial score (nSPS) is 12.0. The Morgan fingerprint density at radius 2 is 2.00 bits per heavy atom. The molecule has 2 aromatic carbocycles. The second kappa shape index (κ2) is 8.38. The summed E-state index contributed by atoms with van der Waals surface area (Å²) in [7, 11) is 0. The number of aromatic nitrogens is 2. The molecule has 0 amide bonds. The van der Waals surface area contributed by atoms with Crippen LogP contribution in [0.3, 0.4) is 0 Å². The molecule has 0 aliphatic rings. The minimum absolute atomic E-state index is 0.0432. The molecule has 1 unspecified atom stereocenters. The highest BCUT2D eigenvalue weighted by atomic mass is 35.5. The number of benzene rings is 2. The summed E-state index contributed by atoms with van der Waals surface area (Å²) in [5, 5.41) is 8.57. The van der Waals surface area contributed by atoms with Gasteiger partial charge in [0.2, 0.25) is 5.89 Å². The Morgan fingerprint density at radius 1 is 1.23 bits per heavy atom. The molecule has 0 fully saturated rings. The van der Waals surface area contributed by atoms with Gasteiger partial charge < -0.3 is 9.15 Å². The fourth-order valence-corrected chi connectivity index (χ4v) is 3.27. The summed E-state index contributed by atoms with van der Waals surface area (Å²) in [4.78, 5) is 12.5. The highest BCUT2D eigenvalue weighted by Gasteiger charge is 2.20. The van der Waals surface area contributed by atoms with Crippen molar-refractivity contribution in [1.82, 2.24) is 10.2 Å². The van der Waals surface area contributed by atoms with Crippen LogP contribution >= 0.6 is 23.4 Å². The second-order valence-electron chi connectivity index (χ2n) is 5.47. The lowest BCUT2D eigenvalue weighted by Crippen LogP contribution is -2.13. The van der Waals surface area contributed by atoms with Gasteiger partial charge in [0.15, 0.2) is 5.78 Å².